The molecule has 1 atom stereocenters. The molecule has 4 heteroatoms. The van der Waals surface area contributed by atoms with Crippen molar-refractivity contribution in [3.8, 4) is 11.6 Å². The van der Waals surface area contributed by atoms with E-state index in [0.717, 1.165) is 36.4 Å². The summed E-state index contributed by atoms with van der Waals surface area (Å²) in [5.74, 6) is 2.37. The van der Waals surface area contributed by atoms with Gasteiger partial charge < -0.3 is 4.42 Å². The highest BCUT2D eigenvalue weighted by atomic mass is 19.1. The molecule has 126 valence electrons. The Kier molecular flexibility index (Phi) is 3.44. The average Bonchev–Trinajstić information content (AvgIpc) is 3.41. The van der Waals surface area contributed by atoms with Crippen LogP contribution in [0.1, 0.15) is 53.7 Å². The standard InChI is InChI=1S/C21H19FN2O/c22-15-7-8-16(17(12-15)13-4-5-13)14-6-9-18-20(11-14)25-21(24-18)19-3-1-2-10-23-19/h1-3,7-8,10,12-14H,4-6,9,11H2. The molecule has 3 nitrogen and oxygen atoms in total. The van der Waals surface area contributed by atoms with Gasteiger partial charge in [-0.25, -0.2) is 9.37 Å². The molecule has 1 aromatic carbocycles. The molecule has 1 fully saturated rings. The van der Waals surface area contributed by atoms with Crippen LogP contribution in [0.2, 0.25) is 0 Å². The molecule has 0 bridgehead atoms. The van der Waals surface area contributed by atoms with E-state index in [1.165, 1.54) is 24.0 Å². The van der Waals surface area contributed by atoms with E-state index in [0.29, 0.717) is 17.7 Å². The summed E-state index contributed by atoms with van der Waals surface area (Å²) in [5, 5.41) is 0. The van der Waals surface area contributed by atoms with Crippen molar-refractivity contribution in [3.63, 3.8) is 0 Å². The third-order valence-electron chi connectivity index (χ3n) is 5.33. The number of rotatable bonds is 3. The number of aryl methyl sites for hydroxylation is 1. The summed E-state index contributed by atoms with van der Waals surface area (Å²) in [4.78, 5) is 8.97. The Hall–Kier alpha value is -2.49. The Morgan fingerprint density at radius 2 is 1.92 bits per heavy atom. The van der Waals surface area contributed by atoms with Crippen LogP contribution in [0.4, 0.5) is 4.39 Å². The van der Waals surface area contributed by atoms with Crippen LogP contribution in [0.15, 0.2) is 47.0 Å². The number of halogens is 1. The van der Waals surface area contributed by atoms with Gasteiger partial charge in [-0.3, -0.25) is 4.98 Å². The lowest BCUT2D eigenvalue weighted by Crippen LogP contribution is -2.13. The molecule has 2 aliphatic rings. The summed E-state index contributed by atoms with van der Waals surface area (Å²) in [7, 11) is 0. The normalized spacial score (nSPS) is 19.6. The number of oxazole rings is 1. The molecule has 0 spiro atoms. The lowest BCUT2D eigenvalue weighted by atomic mass is 9.82. The molecule has 2 aromatic heterocycles. The van der Waals surface area contributed by atoms with Crippen molar-refractivity contribution in [3.05, 3.63) is 71.0 Å². The van der Waals surface area contributed by atoms with Crippen molar-refractivity contribution in [2.45, 2.75) is 43.9 Å². The molecule has 0 saturated heterocycles. The quantitative estimate of drug-likeness (QED) is 0.674. The number of hydrogen-bond acceptors (Lipinski definition) is 3. The molecule has 1 saturated carbocycles. The van der Waals surface area contributed by atoms with Crippen molar-refractivity contribution in [1.29, 1.82) is 0 Å². The van der Waals surface area contributed by atoms with Gasteiger partial charge in [0.1, 0.15) is 17.3 Å². The fourth-order valence-electron chi connectivity index (χ4n) is 3.90. The molecular weight excluding hydrogens is 315 g/mol. The molecule has 0 radical (unpaired) electrons. The zero-order chi connectivity index (χ0) is 16.8. The molecule has 0 N–H and O–H groups in total. The van der Waals surface area contributed by atoms with Crippen molar-refractivity contribution < 1.29 is 8.81 Å². The molecule has 5 rings (SSSR count). The Bertz CT molecular complexity index is 915. The summed E-state index contributed by atoms with van der Waals surface area (Å²) in [6.07, 6.45) is 6.88. The number of aromatic nitrogens is 2. The first-order valence-electron chi connectivity index (χ1n) is 8.97. The summed E-state index contributed by atoms with van der Waals surface area (Å²) >= 11 is 0. The number of hydrogen-bond donors (Lipinski definition) is 0. The van der Waals surface area contributed by atoms with Gasteiger partial charge in [0, 0.05) is 12.6 Å². The van der Waals surface area contributed by atoms with E-state index >= 15 is 0 Å². The van der Waals surface area contributed by atoms with E-state index in [1.807, 2.05) is 24.3 Å². The first kappa shape index (κ1) is 14.8. The van der Waals surface area contributed by atoms with Crippen molar-refractivity contribution >= 4 is 0 Å². The minimum Gasteiger partial charge on any atom is -0.440 e. The van der Waals surface area contributed by atoms with E-state index in [1.54, 1.807) is 18.3 Å². The van der Waals surface area contributed by atoms with Crippen molar-refractivity contribution in [2.75, 3.05) is 0 Å². The van der Waals surface area contributed by atoms with Crippen LogP contribution in [0.3, 0.4) is 0 Å². The van der Waals surface area contributed by atoms with E-state index < -0.39 is 0 Å². The van der Waals surface area contributed by atoms with Crippen LogP contribution in [-0.2, 0) is 12.8 Å². The van der Waals surface area contributed by atoms with Crippen LogP contribution >= 0.6 is 0 Å². The minimum absolute atomic E-state index is 0.126. The summed E-state index contributed by atoms with van der Waals surface area (Å²) < 4.78 is 19.7. The molecular formula is C21H19FN2O. The van der Waals surface area contributed by atoms with E-state index in [-0.39, 0.29) is 5.82 Å². The topological polar surface area (TPSA) is 38.9 Å². The average molecular weight is 334 g/mol. The maximum Gasteiger partial charge on any atom is 0.245 e. The maximum absolute atomic E-state index is 13.7. The smallest absolute Gasteiger partial charge is 0.245 e. The highest BCUT2D eigenvalue weighted by Crippen LogP contribution is 2.45. The first-order valence-corrected chi connectivity index (χ1v) is 8.97. The van der Waals surface area contributed by atoms with Gasteiger partial charge in [-0.1, -0.05) is 12.1 Å². The van der Waals surface area contributed by atoms with Gasteiger partial charge in [-0.2, -0.15) is 0 Å². The molecule has 1 unspecified atom stereocenters. The lowest BCUT2D eigenvalue weighted by molar-refractivity contribution is 0.455. The van der Waals surface area contributed by atoms with Crippen LogP contribution in [0.5, 0.6) is 0 Å². The molecule has 0 amide bonds. The maximum atomic E-state index is 13.7. The number of fused-ring (bicyclic) bond motifs is 1. The van der Waals surface area contributed by atoms with Crippen LogP contribution in [0.25, 0.3) is 11.6 Å². The summed E-state index contributed by atoms with van der Waals surface area (Å²) in [6.45, 7) is 0. The zero-order valence-electron chi connectivity index (χ0n) is 13.9. The molecule has 0 aliphatic heterocycles. The van der Waals surface area contributed by atoms with Gasteiger partial charge in [-0.05, 0) is 72.9 Å². The summed E-state index contributed by atoms with van der Waals surface area (Å²) in [5.41, 5.74) is 4.32. The fraction of sp³-hybridized carbons (Fsp3) is 0.333. The Labute approximate surface area is 145 Å². The SMILES string of the molecule is Fc1ccc(C2CCc3nc(-c4ccccn4)oc3C2)c(C2CC2)c1. The second-order valence-corrected chi connectivity index (χ2v) is 7.09. The Balaban J connectivity index is 1.46. The van der Waals surface area contributed by atoms with Gasteiger partial charge >= 0.3 is 0 Å². The molecule has 25 heavy (non-hydrogen) atoms. The van der Waals surface area contributed by atoms with Gasteiger partial charge in [-0.15, -0.1) is 0 Å². The third kappa shape index (κ3) is 2.76. The highest BCUT2D eigenvalue weighted by molar-refractivity contribution is 5.48. The largest absolute Gasteiger partial charge is 0.440 e. The highest BCUT2D eigenvalue weighted by Gasteiger charge is 2.32. The number of pyridine rings is 1. The fourth-order valence-corrected chi connectivity index (χ4v) is 3.90. The predicted octanol–water partition coefficient (Wildman–Crippen LogP) is 5.03. The Morgan fingerprint density at radius 3 is 2.72 bits per heavy atom. The summed E-state index contributed by atoms with van der Waals surface area (Å²) in [6, 6.07) is 11.1. The van der Waals surface area contributed by atoms with Gasteiger partial charge in [0.25, 0.3) is 0 Å². The third-order valence-corrected chi connectivity index (χ3v) is 5.33. The zero-order valence-corrected chi connectivity index (χ0v) is 13.9. The second-order valence-electron chi connectivity index (χ2n) is 7.09. The lowest BCUT2D eigenvalue weighted by Gasteiger charge is -2.23. The van der Waals surface area contributed by atoms with E-state index in [2.05, 4.69) is 9.97 Å². The van der Waals surface area contributed by atoms with Crippen LogP contribution in [0, 0.1) is 5.82 Å². The van der Waals surface area contributed by atoms with Crippen LogP contribution in [-0.4, -0.2) is 9.97 Å². The monoisotopic (exact) mass is 334 g/mol. The number of nitrogens with zero attached hydrogens (tertiary/aromatic N) is 2. The van der Waals surface area contributed by atoms with E-state index in [9.17, 15) is 4.39 Å². The first-order chi connectivity index (χ1) is 12.3. The van der Waals surface area contributed by atoms with Crippen molar-refractivity contribution in [2.24, 2.45) is 0 Å². The Morgan fingerprint density at radius 1 is 1.00 bits per heavy atom. The van der Waals surface area contributed by atoms with Gasteiger partial charge in [0.15, 0.2) is 0 Å². The molecule has 2 aliphatic carbocycles. The minimum atomic E-state index is -0.126. The molecule has 2 heterocycles. The number of benzene rings is 1. The van der Waals surface area contributed by atoms with Gasteiger partial charge in [0.05, 0.1) is 5.69 Å². The van der Waals surface area contributed by atoms with Crippen LogP contribution < -0.4 is 0 Å². The van der Waals surface area contributed by atoms with Gasteiger partial charge in [0.2, 0.25) is 5.89 Å². The van der Waals surface area contributed by atoms with E-state index in [4.69, 9.17) is 4.42 Å². The second kappa shape index (κ2) is 5.80. The van der Waals surface area contributed by atoms with Crippen molar-refractivity contribution in [1.82, 2.24) is 9.97 Å². The predicted molar refractivity (Wildman–Crippen MR) is 92.9 cm³/mol. The molecule has 3 aromatic rings.